The zero-order valence-electron chi connectivity index (χ0n) is 13.3. The van der Waals surface area contributed by atoms with Gasteiger partial charge in [0, 0.05) is 32.4 Å². The third kappa shape index (κ3) is 4.04. The molecule has 0 spiro atoms. The number of hydrogen-bond acceptors (Lipinski definition) is 5. The normalized spacial score (nSPS) is 28.7. The first-order valence-electron chi connectivity index (χ1n) is 8.19. The van der Waals surface area contributed by atoms with Crippen molar-refractivity contribution in [3.63, 3.8) is 0 Å². The zero-order valence-corrected chi connectivity index (χ0v) is 13.3. The van der Waals surface area contributed by atoms with Gasteiger partial charge in [-0.15, -0.1) is 0 Å². The van der Waals surface area contributed by atoms with Crippen LogP contribution in [0.3, 0.4) is 0 Å². The summed E-state index contributed by atoms with van der Waals surface area (Å²) in [5.41, 5.74) is 0.996. The highest BCUT2D eigenvalue weighted by molar-refractivity contribution is 5.02. The standard InChI is InChI=1S/C17H26N2O3/c1-20-8-6-19-7-9-22-17-11-14(10-16(17)19)12-21-13-15-4-2-3-5-18-15/h2-5,14,16-17H,6-13H2,1H3/t14?,16-,17-/m1/s1. The van der Waals surface area contributed by atoms with E-state index in [1.54, 1.807) is 7.11 Å². The summed E-state index contributed by atoms with van der Waals surface area (Å²) in [6, 6.07) is 6.46. The number of pyridine rings is 1. The van der Waals surface area contributed by atoms with Crippen LogP contribution >= 0.6 is 0 Å². The zero-order chi connectivity index (χ0) is 15.2. The smallest absolute Gasteiger partial charge is 0.0887 e. The Labute approximate surface area is 132 Å². The lowest BCUT2D eigenvalue weighted by molar-refractivity contribution is -0.0611. The van der Waals surface area contributed by atoms with Crippen molar-refractivity contribution in [2.45, 2.75) is 31.6 Å². The molecule has 0 radical (unpaired) electrons. The lowest BCUT2D eigenvalue weighted by atomic mass is 10.1. The quantitative estimate of drug-likeness (QED) is 0.767. The van der Waals surface area contributed by atoms with E-state index in [9.17, 15) is 0 Å². The van der Waals surface area contributed by atoms with Gasteiger partial charge in [0.05, 0.1) is 38.2 Å². The van der Waals surface area contributed by atoms with E-state index in [2.05, 4.69) is 9.88 Å². The number of nitrogens with zero attached hydrogens (tertiary/aromatic N) is 2. The van der Waals surface area contributed by atoms with E-state index >= 15 is 0 Å². The van der Waals surface area contributed by atoms with Crippen LogP contribution in [0, 0.1) is 5.92 Å². The molecule has 1 unspecified atom stereocenters. The van der Waals surface area contributed by atoms with E-state index in [-0.39, 0.29) is 0 Å². The van der Waals surface area contributed by atoms with Gasteiger partial charge in [0.2, 0.25) is 0 Å². The molecule has 5 heteroatoms. The first-order chi connectivity index (χ1) is 10.9. The van der Waals surface area contributed by atoms with Gasteiger partial charge in [0.15, 0.2) is 0 Å². The van der Waals surface area contributed by atoms with Gasteiger partial charge >= 0.3 is 0 Å². The molecular weight excluding hydrogens is 280 g/mol. The minimum atomic E-state index is 0.369. The second kappa shape index (κ2) is 8.02. The molecule has 2 fully saturated rings. The van der Waals surface area contributed by atoms with Gasteiger partial charge in [-0.25, -0.2) is 0 Å². The van der Waals surface area contributed by atoms with Crippen LogP contribution in [0.4, 0.5) is 0 Å². The van der Waals surface area contributed by atoms with Crippen LogP contribution < -0.4 is 0 Å². The number of hydrogen-bond donors (Lipinski definition) is 0. The molecule has 1 saturated carbocycles. The Morgan fingerprint density at radius 1 is 1.36 bits per heavy atom. The van der Waals surface area contributed by atoms with Crippen molar-refractivity contribution in [3.8, 4) is 0 Å². The summed E-state index contributed by atoms with van der Waals surface area (Å²) in [6.45, 7) is 5.05. The third-order valence-corrected chi connectivity index (χ3v) is 4.66. The summed E-state index contributed by atoms with van der Waals surface area (Å²) in [5.74, 6) is 0.585. The Balaban J connectivity index is 1.44. The van der Waals surface area contributed by atoms with Crippen LogP contribution in [0.1, 0.15) is 18.5 Å². The Morgan fingerprint density at radius 3 is 3.14 bits per heavy atom. The predicted octanol–water partition coefficient (Wildman–Crippen LogP) is 1.72. The van der Waals surface area contributed by atoms with Gasteiger partial charge in [0.25, 0.3) is 0 Å². The summed E-state index contributed by atoms with van der Waals surface area (Å²) in [7, 11) is 1.76. The first-order valence-corrected chi connectivity index (χ1v) is 8.19. The van der Waals surface area contributed by atoms with E-state index in [0.717, 1.165) is 51.4 Å². The Hall–Kier alpha value is -1.01. The molecule has 1 saturated heterocycles. The van der Waals surface area contributed by atoms with Crippen molar-refractivity contribution in [2.75, 3.05) is 40.0 Å². The molecule has 0 bridgehead atoms. The summed E-state index contributed by atoms with van der Waals surface area (Å²) < 4.78 is 17.0. The molecule has 1 aromatic heterocycles. The Morgan fingerprint density at radius 2 is 2.32 bits per heavy atom. The molecule has 22 heavy (non-hydrogen) atoms. The minimum absolute atomic E-state index is 0.369. The minimum Gasteiger partial charge on any atom is -0.383 e. The fourth-order valence-electron chi connectivity index (χ4n) is 3.56. The molecule has 5 nitrogen and oxygen atoms in total. The van der Waals surface area contributed by atoms with E-state index in [1.807, 2.05) is 24.4 Å². The lowest BCUT2D eigenvalue weighted by Gasteiger charge is -2.37. The lowest BCUT2D eigenvalue weighted by Crippen LogP contribution is -2.49. The van der Waals surface area contributed by atoms with Gasteiger partial charge in [0.1, 0.15) is 0 Å². The monoisotopic (exact) mass is 306 g/mol. The highest BCUT2D eigenvalue weighted by Crippen LogP contribution is 2.34. The van der Waals surface area contributed by atoms with E-state index in [1.165, 1.54) is 0 Å². The summed E-state index contributed by atoms with van der Waals surface area (Å²) >= 11 is 0. The van der Waals surface area contributed by atoms with Crippen LogP contribution in [0.25, 0.3) is 0 Å². The number of methoxy groups -OCH3 is 1. The van der Waals surface area contributed by atoms with Gasteiger partial charge in [-0.05, 0) is 30.9 Å². The maximum absolute atomic E-state index is 5.96. The van der Waals surface area contributed by atoms with Gasteiger partial charge in [-0.2, -0.15) is 0 Å². The average Bonchev–Trinajstić information content (AvgIpc) is 2.97. The SMILES string of the molecule is COCCN1CCO[C@@H]2CC(COCc3ccccn3)C[C@H]21. The van der Waals surface area contributed by atoms with Crippen molar-refractivity contribution >= 4 is 0 Å². The number of fused-ring (bicyclic) bond motifs is 1. The van der Waals surface area contributed by atoms with Crippen LogP contribution in [0.5, 0.6) is 0 Å². The summed E-state index contributed by atoms with van der Waals surface area (Å²) in [4.78, 5) is 6.81. The molecule has 3 atom stereocenters. The van der Waals surface area contributed by atoms with Crippen LogP contribution in [-0.2, 0) is 20.8 Å². The molecule has 122 valence electrons. The summed E-state index contributed by atoms with van der Waals surface area (Å²) in [5, 5.41) is 0. The molecule has 2 heterocycles. The van der Waals surface area contributed by atoms with Crippen molar-refractivity contribution in [1.82, 2.24) is 9.88 Å². The number of morpholine rings is 1. The van der Waals surface area contributed by atoms with Gasteiger partial charge in [-0.1, -0.05) is 6.07 Å². The fourth-order valence-corrected chi connectivity index (χ4v) is 3.56. The average molecular weight is 306 g/mol. The van der Waals surface area contributed by atoms with Crippen molar-refractivity contribution in [2.24, 2.45) is 5.92 Å². The molecule has 0 aromatic carbocycles. The second-order valence-electron chi connectivity index (χ2n) is 6.18. The van der Waals surface area contributed by atoms with Crippen LogP contribution in [0.2, 0.25) is 0 Å². The number of aromatic nitrogens is 1. The topological polar surface area (TPSA) is 43.8 Å². The van der Waals surface area contributed by atoms with Crippen molar-refractivity contribution < 1.29 is 14.2 Å². The second-order valence-corrected chi connectivity index (χ2v) is 6.18. The van der Waals surface area contributed by atoms with Gasteiger partial charge < -0.3 is 14.2 Å². The molecule has 1 aliphatic heterocycles. The maximum Gasteiger partial charge on any atom is 0.0887 e. The third-order valence-electron chi connectivity index (χ3n) is 4.66. The van der Waals surface area contributed by atoms with Crippen LogP contribution in [-0.4, -0.2) is 62.0 Å². The van der Waals surface area contributed by atoms with E-state index in [0.29, 0.717) is 24.7 Å². The molecule has 3 rings (SSSR count). The number of rotatable bonds is 7. The Kier molecular flexibility index (Phi) is 5.78. The predicted molar refractivity (Wildman–Crippen MR) is 83.6 cm³/mol. The number of ether oxygens (including phenoxy) is 3. The fraction of sp³-hybridized carbons (Fsp3) is 0.706. The van der Waals surface area contributed by atoms with E-state index in [4.69, 9.17) is 14.2 Å². The molecule has 2 aliphatic rings. The summed E-state index contributed by atoms with van der Waals surface area (Å²) in [6.07, 6.45) is 4.45. The molecular formula is C17H26N2O3. The van der Waals surface area contributed by atoms with E-state index < -0.39 is 0 Å². The molecule has 1 aromatic rings. The molecule has 0 amide bonds. The maximum atomic E-state index is 5.96. The van der Waals surface area contributed by atoms with Crippen LogP contribution in [0.15, 0.2) is 24.4 Å². The highest BCUT2D eigenvalue weighted by atomic mass is 16.5. The highest BCUT2D eigenvalue weighted by Gasteiger charge is 2.40. The first kappa shape index (κ1) is 15.9. The van der Waals surface area contributed by atoms with Crippen molar-refractivity contribution in [1.29, 1.82) is 0 Å². The largest absolute Gasteiger partial charge is 0.383 e. The van der Waals surface area contributed by atoms with Gasteiger partial charge in [-0.3, -0.25) is 9.88 Å². The molecule has 0 N–H and O–H groups in total. The van der Waals surface area contributed by atoms with Crippen molar-refractivity contribution in [3.05, 3.63) is 30.1 Å². The molecule has 1 aliphatic carbocycles. The Bertz CT molecular complexity index is 443.